The van der Waals surface area contributed by atoms with E-state index in [1.165, 1.54) is 19.4 Å². The number of hydrogen-bond donors (Lipinski definition) is 2. The van der Waals surface area contributed by atoms with Gasteiger partial charge in [-0.25, -0.2) is 15.4 Å². The number of carbonyl (C=O) groups excluding carboxylic acids is 1. The van der Waals surface area contributed by atoms with Crippen LogP contribution in [0.2, 0.25) is 5.02 Å². The highest BCUT2D eigenvalue weighted by molar-refractivity contribution is 6.31. The molecule has 33 heavy (non-hydrogen) atoms. The molecule has 0 bridgehead atoms. The Labute approximate surface area is 193 Å². The molecule has 2 aromatic heterocycles. The number of para-hydroxylation sites is 2. The third kappa shape index (κ3) is 3.92. The van der Waals surface area contributed by atoms with Gasteiger partial charge < -0.3 is 14.4 Å². The maximum atomic E-state index is 12.7. The summed E-state index contributed by atoms with van der Waals surface area (Å²) in [5.41, 5.74) is 6.76. The smallest absolute Gasteiger partial charge is 0.260 e. The van der Waals surface area contributed by atoms with E-state index >= 15 is 0 Å². The predicted molar refractivity (Wildman–Crippen MR) is 128 cm³/mol. The number of nitrogens with one attached hydrogen (secondary N) is 1. The van der Waals surface area contributed by atoms with Crippen LogP contribution in [0.3, 0.4) is 0 Å². The van der Waals surface area contributed by atoms with Gasteiger partial charge in [0.05, 0.1) is 29.9 Å². The number of aromatic nitrogens is 3. The molecule has 0 fully saturated rings. The predicted octanol–water partition coefficient (Wildman–Crippen LogP) is 4.26. The lowest BCUT2D eigenvalue weighted by Crippen LogP contribution is -2.23. The van der Waals surface area contributed by atoms with Crippen LogP contribution in [-0.4, -0.2) is 38.9 Å². The normalized spacial score (nSPS) is 11.6. The van der Waals surface area contributed by atoms with Gasteiger partial charge in [0, 0.05) is 10.4 Å². The second-order valence-corrected chi connectivity index (χ2v) is 7.79. The van der Waals surface area contributed by atoms with Crippen molar-refractivity contribution in [3.63, 3.8) is 0 Å². The van der Waals surface area contributed by atoms with Crippen molar-refractivity contribution in [3.05, 3.63) is 71.2 Å². The van der Waals surface area contributed by atoms with Crippen molar-refractivity contribution in [1.82, 2.24) is 20.0 Å². The Balaban J connectivity index is 1.47. The summed E-state index contributed by atoms with van der Waals surface area (Å²) < 4.78 is 6.88. The maximum absolute atomic E-state index is 12.7. The van der Waals surface area contributed by atoms with Crippen molar-refractivity contribution >= 4 is 56.8 Å². The van der Waals surface area contributed by atoms with E-state index in [-0.39, 0.29) is 18.2 Å². The molecule has 8 nitrogen and oxygen atoms in total. The number of phenols is 1. The molecule has 2 heterocycles. The second kappa shape index (κ2) is 8.40. The van der Waals surface area contributed by atoms with Gasteiger partial charge in [0.2, 0.25) is 0 Å². The zero-order valence-electron chi connectivity index (χ0n) is 17.5. The molecule has 5 aromatic rings. The molecule has 1 amide bonds. The molecular weight excluding hydrogens is 442 g/mol. The Kier molecular flexibility index (Phi) is 5.27. The van der Waals surface area contributed by atoms with Crippen LogP contribution in [0.15, 0.2) is 65.8 Å². The first-order chi connectivity index (χ1) is 16.0. The van der Waals surface area contributed by atoms with E-state index in [0.29, 0.717) is 27.5 Å². The van der Waals surface area contributed by atoms with Crippen molar-refractivity contribution in [3.8, 4) is 11.5 Å². The average Bonchev–Trinajstić information content (AvgIpc) is 3.10. The van der Waals surface area contributed by atoms with Crippen molar-refractivity contribution in [2.75, 3.05) is 7.11 Å². The van der Waals surface area contributed by atoms with Crippen LogP contribution in [0, 0.1) is 0 Å². The van der Waals surface area contributed by atoms with E-state index in [1.807, 2.05) is 36.4 Å². The zero-order valence-corrected chi connectivity index (χ0v) is 18.2. The van der Waals surface area contributed by atoms with Gasteiger partial charge in [0.1, 0.15) is 12.1 Å². The highest BCUT2D eigenvalue weighted by Gasteiger charge is 2.17. The van der Waals surface area contributed by atoms with Crippen LogP contribution in [0.25, 0.3) is 33.1 Å². The van der Waals surface area contributed by atoms with E-state index in [9.17, 15) is 9.90 Å². The molecule has 0 aliphatic heterocycles. The molecule has 0 radical (unpaired) electrons. The van der Waals surface area contributed by atoms with Gasteiger partial charge >= 0.3 is 0 Å². The van der Waals surface area contributed by atoms with Gasteiger partial charge in [-0.3, -0.25) is 4.79 Å². The minimum absolute atomic E-state index is 0.00904. The van der Waals surface area contributed by atoms with Crippen LogP contribution in [0.4, 0.5) is 0 Å². The quantitative estimate of drug-likeness (QED) is 0.302. The lowest BCUT2D eigenvalue weighted by Gasteiger charge is -2.06. The van der Waals surface area contributed by atoms with Gasteiger partial charge in [0.25, 0.3) is 5.91 Å². The molecule has 0 aliphatic rings. The molecule has 9 heteroatoms. The van der Waals surface area contributed by atoms with E-state index in [0.717, 1.165) is 21.9 Å². The monoisotopic (exact) mass is 459 g/mol. The Bertz CT molecular complexity index is 1560. The lowest BCUT2D eigenvalue weighted by molar-refractivity contribution is -0.121. The summed E-state index contributed by atoms with van der Waals surface area (Å²) in [6.45, 7) is -0.00904. The zero-order chi connectivity index (χ0) is 22.9. The minimum atomic E-state index is -0.333. The lowest BCUT2D eigenvalue weighted by atomic mass is 10.2. The van der Waals surface area contributed by atoms with Gasteiger partial charge in [-0.15, -0.1) is 0 Å². The number of amides is 1. The summed E-state index contributed by atoms with van der Waals surface area (Å²) in [7, 11) is 1.46. The Morgan fingerprint density at radius 2 is 1.94 bits per heavy atom. The fraction of sp³-hybridized carbons (Fsp3) is 0.0833. The summed E-state index contributed by atoms with van der Waals surface area (Å²) in [5.74, 6) is 0.0134. The molecular formula is C24H18ClN5O3. The Morgan fingerprint density at radius 3 is 2.73 bits per heavy atom. The van der Waals surface area contributed by atoms with E-state index in [4.69, 9.17) is 26.3 Å². The fourth-order valence-corrected chi connectivity index (χ4v) is 3.87. The first-order valence-corrected chi connectivity index (χ1v) is 10.4. The fourth-order valence-electron chi connectivity index (χ4n) is 3.70. The number of fused-ring (bicyclic) bond motifs is 4. The number of carbonyl (C=O) groups is 1. The third-order valence-electron chi connectivity index (χ3n) is 5.22. The number of hydrogen-bond acceptors (Lipinski definition) is 6. The number of benzene rings is 3. The number of halogens is 1. The molecule has 0 saturated heterocycles. The number of aromatic hydroxyl groups is 1. The van der Waals surface area contributed by atoms with Crippen LogP contribution in [-0.2, 0) is 11.3 Å². The molecule has 0 atom stereocenters. The van der Waals surface area contributed by atoms with Crippen molar-refractivity contribution < 1.29 is 14.6 Å². The van der Waals surface area contributed by atoms with Crippen molar-refractivity contribution in [2.24, 2.45) is 5.10 Å². The average molecular weight is 460 g/mol. The summed E-state index contributed by atoms with van der Waals surface area (Å²) in [6, 6.07) is 17.8. The molecule has 0 aliphatic carbocycles. The molecule has 0 unspecified atom stereocenters. The number of rotatable bonds is 5. The SMILES string of the molecule is COc1cc(/C=N/NC(=O)Cn2c3ccc(Cl)cc3c3nc4ccccc4nc32)ccc1O. The van der Waals surface area contributed by atoms with Gasteiger partial charge in [-0.2, -0.15) is 5.10 Å². The van der Waals surface area contributed by atoms with Crippen LogP contribution in [0.1, 0.15) is 5.56 Å². The minimum Gasteiger partial charge on any atom is -0.504 e. The van der Waals surface area contributed by atoms with E-state index < -0.39 is 0 Å². The number of hydrazone groups is 1. The summed E-state index contributed by atoms with van der Waals surface area (Å²) in [5, 5.41) is 15.1. The molecule has 164 valence electrons. The number of nitrogens with zero attached hydrogens (tertiary/aromatic N) is 4. The van der Waals surface area contributed by atoms with Crippen molar-refractivity contribution in [2.45, 2.75) is 6.54 Å². The van der Waals surface area contributed by atoms with Crippen LogP contribution < -0.4 is 10.2 Å². The summed E-state index contributed by atoms with van der Waals surface area (Å²) in [4.78, 5) is 22.2. The second-order valence-electron chi connectivity index (χ2n) is 7.36. The highest BCUT2D eigenvalue weighted by atomic mass is 35.5. The van der Waals surface area contributed by atoms with E-state index in [2.05, 4.69) is 10.5 Å². The van der Waals surface area contributed by atoms with Gasteiger partial charge in [0.15, 0.2) is 17.1 Å². The maximum Gasteiger partial charge on any atom is 0.260 e. The third-order valence-corrected chi connectivity index (χ3v) is 5.46. The topological polar surface area (TPSA) is 102 Å². The molecule has 0 spiro atoms. The molecule has 0 saturated carbocycles. The largest absolute Gasteiger partial charge is 0.504 e. The number of ether oxygens (including phenoxy) is 1. The number of phenolic OH excluding ortho intramolecular Hbond substituents is 1. The molecule has 5 rings (SSSR count). The number of methoxy groups -OCH3 is 1. The van der Waals surface area contributed by atoms with Crippen molar-refractivity contribution in [1.29, 1.82) is 0 Å². The first kappa shape index (κ1) is 20.7. The Hall–Kier alpha value is -4.17. The first-order valence-electron chi connectivity index (χ1n) is 10.1. The standard InChI is InChI=1S/C24H18ClN5O3/c1-33-21-10-14(6-9-20(21)31)12-26-29-22(32)13-30-19-8-7-15(25)11-16(19)23-24(30)28-18-5-3-2-4-17(18)27-23/h2-12,31H,13H2,1H3,(H,29,32)/b26-12+. The van der Waals surface area contributed by atoms with Crippen LogP contribution >= 0.6 is 11.6 Å². The van der Waals surface area contributed by atoms with Crippen LogP contribution in [0.5, 0.6) is 11.5 Å². The van der Waals surface area contributed by atoms with E-state index in [1.54, 1.807) is 22.8 Å². The highest BCUT2D eigenvalue weighted by Crippen LogP contribution is 2.30. The summed E-state index contributed by atoms with van der Waals surface area (Å²) in [6.07, 6.45) is 1.47. The Morgan fingerprint density at radius 1 is 1.15 bits per heavy atom. The summed E-state index contributed by atoms with van der Waals surface area (Å²) >= 11 is 6.23. The van der Waals surface area contributed by atoms with Gasteiger partial charge in [-0.05, 0) is 54.1 Å². The molecule has 2 N–H and O–H groups in total. The molecule has 3 aromatic carbocycles. The van der Waals surface area contributed by atoms with Gasteiger partial charge in [-0.1, -0.05) is 23.7 Å².